The largest absolute Gasteiger partial charge is 0.330 e. The number of hydrogen-bond donors (Lipinski definition) is 3. The fourth-order valence-corrected chi connectivity index (χ4v) is 4.55. The van der Waals surface area contributed by atoms with E-state index in [1.54, 1.807) is 24.3 Å². The Bertz CT molecular complexity index is 1030. The molecule has 1 heterocycles. The van der Waals surface area contributed by atoms with Crippen LogP contribution in [0.5, 0.6) is 0 Å². The maximum absolute atomic E-state index is 12.3. The first-order valence-electron chi connectivity index (χ1n) is 10.00. The van der Waals surface area contributed by atoms with Crippen molar-refractivity contribution < 1.29 is 9.59 Å². The van der Waals surface area contributed by atoms with Crippen LogP contribution in [0.2, 0.25) is 0 Å². The Morgan fingerprint density at radius 2 is 1.55 bits per heavy atom. The van der Waals surface area contributed by atoms with Crippen molar-refractivity contribution in [2.75, 3.05) is 21.7 Å². The summed E-state index contributed by atoms with van der Waals surface area (Å²) in [6, 6.07) is 13.3. The van der Waals surface area contributed by atoms with Gasteiger partial charge in [0, 0.05) is 24.0 Å². The SMILES string of the molecule is CCc1cccc(CC)c1Nc1nnc(SCC(=O)Nc2ccc(NC(C)=O)cc2)s1. The molecule has 0 spiro atoms. The summed E-state index contributed by atoms with van der Waals surface area (Å²) in [5.41, 5.74) is 4.94. The van der Waals surface area contributed by atoms with Gasteiger partial charge in [0.15, 0.2) is 4.34 Å². The lowest BCUT2D eigenvalue weighted by Gasteiger charge is -2.13. The maximum atomic E-state index is 12.3. The third-order valence-electron chi connectivity index (χ3n) is 4.45. The van der Waals surface area contributed by atoms with Crippen molar-refractivity contribution in [1.29, 1.82) is 0 Å². The van der Waals surface area contributed by atoms with Gasteiger partial charge in [0.25, 0.3) is 0 Å². The summed E-state index contributed by atoms with van der Waals surface area (Å²) < 4.78 is 0.727. The lowest BCUT2D eigenvalue weighted by Crippen LogP contribution is -2.14. The molecule has 0 fully saturated rings. The van der Waals surface area contributed by atoms with Crippen molar-refractivity contribution in [3.63, 3.8) is 0 Å². The van der Waals surface area contributed by atoms with Gasteiger partial charge in [-0.25, -0.2) is 0 Å². The highest BCUT2D eigenvalue weighted by molar-refractivity contribution is 8.01. The van der Waals surface area contributed by atoms with E-state index in [4.69, 9.17) is 0 Å². The number of thioether (sulfide) groups is 1. The first-order valence-corrected chi connectivity index (χ1v) is 11.8. The average Bonchev–Trinajstić information content (AvgIpc) is 3.21. The highest BCUT2D eigenvalue weighted by atomic mass is 32.2. The molecule has 2 aromatic carbocycles. The van der Waals surface area contributed by atoms with E-state index >= 15 is 0 Å². The van der Waals surface area contributed by atoms with Crippen molar-refractivity contribution in [1.82, 2.24) is 10.2 Å². The molecule has 1 aromatic heterocycles. The molecular formula is C22H25N5O2S2. The van der Waals surface area contributed by atoms with Gasteiger partial charge in [-0.1, -0.05) is 55.1 Å². The molecular weight excluding hydrogens is 430 g/mol. The molecule has 2 amide bonds. The van der Waals surface area contributed by atoms with E-state index in [-0.39, 0.29) is 17.6 Å². The van der Waals surface area contributed by atoms with Crippen molar-refractivity contribution in [2.45, 2.75) is 38.0 Å². The minimum Gasteiger partial charge on any atom is -0.330 e. The molecule has 0 aliphatic carbocycles. The average molecular weight is 456 g/mol. The second kappa shape index (κ2) is 10.9. The van der Waals surface area contributed by atoms with Crippen LogP contribution in [0.15, 0.2) is 46.8 Å². The van der Waals surface area contributed by atoms with Gasteiger partial charge in [0.1, 0.15) is 0 Å². The number of rotatable bonds is 9. The summed E-state index contributed by atoms with van der Waals surface area (Å²) in [4.78, 5) is 23.3. The highest BCUT2D eigenvalue weighted by Gasteiger charge is 2.12. The molecule has 0 saturated carbocycles. The second-order valence-corrected chi connectivity index (χ2v) is 8.95. The number of nitrogens with one attached hydrogen (secondary N) is 3. The molecule has 3 rings (SSSR count). The molecule has 0 bridgehead atoms. The lowest BCUT2D eigenvalue weighted by atomic mass is 10.0. The summed E-state index contributed by atoms with van der Waals surface area (Å²) in [5.74, 6) is -0.0387. The normalized spacial score (nSPS) is 10.5. The molecule has 0 aliphatic heterocycles. The predicted octanol–water partition coefficient (Wildman–Crippen LogP) is 5.10. The van der Waals surface area contributed by atoms with Crippen LogP contribution in [0.25, 0.3) is 0 Å². The zero-order valence-electron chi connectivity index (χ0n) is 17.7. The molecule has 0 saturated heterocycles. The minimum absolute atomic E-state index is 0.133. The van der Waals surface area contributed by atoms with Gasteiger partial charge in [-0.2, -0.15) is 0 Å². The van der Waals surface area contributed by atoms with Crippen LogP contribution in [0.3, 0.4) is 0 Å². The molecule has 0 radical (unpaired) electrons. The van der Waals surface area contributed by atoms with E-state index in [2.05, 4.69) is 58.2 Å². The summed E-state index contributed by atoms with van der Waals surface area (Å²) >= 11 is 2.78. The van der Waals surface area contributed by atoms with Gasteiger partial charge in [0.05, 0.1) is 5.75 Å². The zero-order valence-corrected chi connectivity index (χ0v) is 19.3. The third kappa shape index (κ3) is 6.53. The number of hydrogen-bond acceptors (Lipinski definition) is 7. The number of amides is 2. The Balaban J connectivity index is 1.55. The Kier molecular flexibility index (Phi) is 8.02. The monoisotopic (exact) mass is 455 g/mol. The molecule has 7 nitrogen and oxygen atoms in total. The summed E-state index contributed by atoms with van der Waals surface area (Å²) in [5, 5.41) is 18.1. The molecule has 0 unspecified atom stereocenters. The zero-order chi connectivity index (χ0) is 22.2. The molecule has 162 valence electrons. The molecule has 0 atom stereocenters. The topological polar surface area (TPSA) is 96.0 Å². The smallest absolute Gasteiger partial charge is 0.234 e. The first-order chi connectivity index (χ1) is 15.0. The molecule has 31 heavy (non-hydrogen) atoms. The van der Waals surface area contributed by atoms with Crippen molar-refractivity contribution >= 4 is 57.1 Å². The van der Waals surface area contributed by atoms with Crippen LogP contribution in [0, 0.1) is 0 Å². The number of aromatic nitrogens is 2. The number of benzene rings is 2. The summed E-state index contributed by atoms with van der Waals surface area (Å²) in [7, 11) is 0. The van der Waals surface area contributed by atoms with Gasteiger partial charge in [-0.3, -0.25) is 9.59 Å². The van der Waals surface area contributed by atoms with Crippen LogP contribution in [-0.2, 0) is 22.4 Å². The highest BCUT2D eigenvalue weighted by Crippen LogP contribution is 2.31. The van der Waals surface area contributed by atoms with Crippen LogP contribution < -0.4 is 16.0 Å². The van der Waals surface area contributed by atoms with Crippen molar-refractivity contribution in [3.05, 3.63) is 53.6 Å². The Labute approximate surface area is 190 Å². The van der Waals surface area contributed by atoms with Crippen molar-refractivity contribution in [2.24, 2.45) is 0 Å². The number of carbonyl (C=O) groups excluding carboxylic acids is 2. The Morgan fingerprint density at radius 3 is 2.13 bits per heavy atom. The van der Waals surface area contributed by atoms with Gasteiger partial charge in [-0.15, -0.1) is 10.2 Å². The fourth-order valence-electron chi connectivity index (χ4n) is 2.99. The summed E-state index contributed by atoms with van der Waals surface area (Å²) in [6.45, 7) is 5.72. The van der Waals surface area contributed by atoms with E-state index in [0.717, 1.165) is 22.9 Å². The van der Waals surface area contributed by atoms with E-state index in [9.17, 15) is 9.59 Å². The third-order valence-corrected chi connectivity index (χ3v) is 6.43. The standard InChI is InChI=1S/C22H25N5O2S2/c1-4-15-7-6-8-16(5-2)20(15)25-21-26-27-22(31-21)30-13-19(29)24-18-11-9-17(10-12-18)23-14(3)28/h6-12H,4-5,13H2,1-3H3,(H,23,28)(H,24,29)(H,25,26). The molecule has 3 aromatic rings. The molecule has 9 heteroatoms. The van der Waals surface area contributed by atoms with Crippen LogP contribution in [0.4, 0.5) is 22.2 Å². The fraction of sp³-hybridized carbons (Fsp3) is 0.273. The quantitative estimate of drug-likeness (QED) is 0.389. The van der Waals surface area contributed by atoms with Crippen LogP contribution in [0.1, 0.15) is 31.9 Å². The van der Waals surface area contributed by atoms with E-state index < -0.39 is 0 Å². The number of carbonyl (C=O) groups is 2. The van der Waals surface area contributed by atoms with Gasteiger partial charge in [-0.05, 0) is 48.2 Å². The van der Waals surface area contributed by atoms with Crippen LogP contribution >= 0.6 is 23.1 Å². The minimum atomic E-state index is -0.136. The second-order valence-electron chi connectivity index (χ2n) is 6.75. The van der Waals surface area contributed by atoms with E-state index in [1.807, 2.05) is 0 Å². The predicted molar refractivity (Wildman–Crippen MR) is 128 cm³/mol. The summed E-state index contributed by atoms with van der Waals surface area (Å²) in [6.07, 6.45) is 1.87. The Morgan fingerprint density at radius 1 is 0.935 bits per heavy atom. The lowest BCUT2D eigenvalue weighted by molar-refractivity contribution is -0.114. The van der Waals surface area contributed by atoms with Gasteiger partial charge >= 0.3 is 0 Å². The first kappa shape index (κ1) is 22.8. The molecule has 0 aliphatic rings. The van der Waals surface area contributed by atoms with Gasteiger partial charge < -0.3 is 16.0 Å². The maximum Gasteiger partial charge on any atom is 0.234 e. The van der Waals surface area contributed by atoms with E-state index in [1.165, 1.54) is 41.1 Å². The van der Waals surface area contributed by atoms with Crippen molar-refractivity contribution in [3.8, 4) is 0 Å². The van der Waals surface area contributed by atoms with Crippen LogP contribution in [-0.4, -0.2) is 27.8 Å². The number of anilines is 4. The molecule has 3 N–H and O–H groups in total. The van der Waals surface area contributed by atoms with E-state index in [0.29, 0.717) is 16.5 Å². The van der Waals surface area contributed by atoms with Gasteiger partial charge in [0.2, 0.25) is 16.9 Å². The number of aryl methyl sites for hydroxylation is 2. The number of para-hydroxylation sites is 1. The number of nitrogens with zero attached hydrogens (tertiary/aromatic N) is 2. The Hall–Kier alpha value is -2.91.